The lowest BCUT2D eigenvalue weighted by atomic mass is 9.82. The third kappa shape index (κ3) is 2.78. The largest absolute Gasteiger partial charge is 0.444 e. The maximum atomic E-state index is 12.5. The van der Waals surface area contributed by atoms with E-state index in [0.717, 1.165) is 23.2 Å². The zero-order chi connectivity index (χ0) is 18.5. The number of benzene rings is 1. The van der Waals surface area contributed by atoms with Gasteiger partial charge in [-0.1, -0.05) is 24.3 Å². The molecule has 0 bridgehead atoms. The summed E-state index contributed by atoms with van der Waals surface area (Å²) in [4.78, 5) is 18.4. The van der Waals surface area contributed by atoms with Crippen molar-refractivity contribution in [3.8, 4) is 11.3 Å². The third-order valence-electron chi connectivity index (χ3n) is 5.14. The smallest absolute Gasteiger partial charge is 0.410 e. The highest BCUT2D eigenvalue weighted by Gasteiger charge is 2.47. The third-order valence-corrected chi connectivity index (χ3v) is 5.14. The Bertz CT molecular complexity index is 839. The molecule has 2 aliphatic rings. The Hall–Kier alpha value is -2.34. The molecule has 3 heterocycles. The number of amides is 1. The molecule has 26 heavy (non-hydrogen) atoms. The lowest BCUT2D eigenvalue weighted by Gasteiger charge is -2.43. The van der Waals surface area contributed by atoms with Crippen LogP contribution < -0.4 is 0 Å². The first-order valence-electron chi connectivity index (χ1n) is 9.10. The number of likely N-dealkylation sites (tertiary alicyclic amines) is 1. The van der Waals surface area contributed by atoms with Gasteiger partial charge in [0.2, 0.25) is 0 Å². The molecule has 0 unspecified atom stereocenters. The molecule has 6 heteroatoms. The van der Waals surface area contributed by atoms with E-state index in [4.69, 9.17) is 4.74 Å². The molecular weight excluding hydrogens is 330 g/mol. The molecule has 0 radical (unpaired) electrons. The summed E-state index contributed by atoms with van der Waals surface area (Å²) in [6.45, 7) is 6.41. The van der Waals surface area contributed by atoms with Crippen LogP contribution in [0, 0.1) is 0 Å². The standard InChI is InChI=1S/C20H25N3O3/c1-19(2,3)26-18(24)22-10-6-9-20(25,12-22)17-15-8-5-4-7-14(15)16-11-21-13-23(16)17/h4-5,7-8,11,13,17,25H,6,9-10,12H2,1-3H3/t17-,20+/m1/s1. The molecule has 138 valence electrons. The minimum Gasteiger partial charge on any atom is -0.444 e. The first kappa shape index (κ1) is 17.1. The average molecular weight is 355 g/mol. The number of piperidine rings is 1. The minimum absolute atomic E-state index is 0.249. The molecule has 6 nitrogen and oxygen atoms in total. The van der Waals surface area contributed by atoms with E-state index in [1.807, 2.05) is 43.7 Å². The Morgan fingerprint density at radius 1 is 1.35 bits per heavy atom. The van der Waals surface area contributed by atoms with E-state index in [1.54, 1.807) is 11.2 Å². The van der Waals surface area contributed by atoms with Crippen LogP contribution in [0.2, 0.25) is 0 Å². The lowest BCUT2D eigenvalue weighted by Crippen LogP contribution is -2.55. The van der Waals surface area contributed by atoms with Gasteiger partial charge in [0.15, 0.2) is 0 Å². The Balaban J connectivity index is 1.66. The van der Waals surface area contributed by atoms with Gasteiger partial charge in [-0.15, -0.1) is 0 Å². The molecule has 1 saturated heterocycles. The van der Waals surface area contributed by atoms with Gasteiger partial charge < -0.3 is 19.3 Å². The van der Waals surface area contributed by atoms with Gasteiger partial charge >= 0.3 is 6.09 Å². The number of hydrogen-bond donors (Lipinski definition) is 1. The minimum atomic E-state index is -1.06. The molecule has 0 spiro atoms. The first-order valence-corrected chi connectivity index (χ1v) is 9.10. The first-order chi connectivity index (χ1) is 12.3. The van der Waals surface area contributed by atoms with Gasteiger partial charge in [0.1, 0.15) is 11.2 Å². The normalized spacial score (nSPS) is 24.9. The van der Waals surface area contributed by atoms with Gasteiger partial charge in [-0.2, -0.15) is 0 Å². The number of β-amino-alcohol motifs (C(OH)–C–C–N with tert-alkyl or cyclic N) is 1. The van der Waals surface area contributed by atoms with Crippen LogP contribution in [0.5, 0.6) is 0 Å². The van der Waals surface area contributed by atoms with Crippen molar-refractivity contribution in [2.24, 2.45) is 0 Å². The van der Waals surface area contributed by atoms with Gasteiger partial charge in [-0.3, -0.25) is 0 Å². The molecule has 1 aromatic heterocycles. The molecule has 2 aliphatic heterocycles. The fourth-order valence-corrected chi connectivity index (χ4v) is 4.16. The maximum Gasteiger partial charge on any atom is 0.410 e. The SMILES string of the molecule is CC(C)(C)OC(=O)N1CCC[C@@](O)([C@H]2c3ccccc3-c3cncn32)C1. The summed E-state index contributed by atoms with van der Waals surface area (Å²) in [6, 6.07) is 7.85. The average Bonchev–Trinajstić information content (AvgIpc) is 3.13. The predicted octanol–water partition coefficient (Wildman–Crippen LogP) is 3.21. The topological polar surface area (TPSA) is 67.6 Å². The van der Waals surface area contributed by atoms with E-state index in [9.17, 15) is 9.90 Å². The second kappa shape index (κ2) is 5.84. The Morgan fingerprint density at radius 3 is 2.88 bits per heavy atom. The molecule has 1 N–H and O–H groups in total. The van der Waals surface area contributed by atoms with Crippen molar-refractivity contribution in [1.29, 1.82) is 0 Å². The zero-order valence-corrected chi connectivity index (χ0v) is 15.5. The summed E-state index contributed by atoms with van der Waals surface area (Å²) in [5.41, 5.74) is 1.58. The summed E-state index contributed by atoms with van der Waals surface area (Å²) in [6.07, 6.45) is 4.59. The summed E-state index contributed by atoms with van der Waals surface area (Å²) < 4.78 is 7.54. The number of aromatic nitrogens is 2. The molecule has 2 atom stereocenters. The van der Waals surface area contributed by atoms with Crippen molar-refractivity contribution >= 4 is 6.09 Å². The van der Waals surface area contributed by atoms with Crippen LogP contribution in [0.3, 0.4) is 0 Å². The van der Waals surface area contributed by atoms with Crippen LogP contribution >= 0.6 is 0 Å². The molecule has 1 aromatic carbocycles. The second-order valence-corrected chi connectivity index (χ2v) is 8.28. The molecule has 0 aliphatic carbocycles. The number of aliphatic hydroxyl groups is 1. The van der Waals surface area contributed by atoms with Crippen molar-refractivity contribution < 1.29 is 14.6 Å². The van der Waals surface area contributed by atoms with Gasteiger partial charge in [0.25, 0.3) is 0 Å². The summed E-state index contributed by atoms with van der Waals surface area (Å²) in [5.74, 6) is 0. The van der Waals surface area contributed by atoms with Crippen LogP contribution in [-0.2, 0) is 4.74 Å². The second-order valence-electron chi connectivity index (χ2n) is 8.28. The summed E-state index contributed by atoms with van der Waals surface area (Å²) >= 11 is 0. The van der Waals surface area contributed by atoms with Gasteiger partial charge in [-0.05, 0) is 39.2 Å². The Labute approximate surface area is 153 Å². The summed E-state index contributed by atoms with van der Waals surface area (Å²) in [5, 5.41) is 11.6. The Kier molecular flexibility index (Phi) is 3.84. The Morgan fingerprint density at radius 2 is 2.12 bits per heavy atom. The maximum absolute atomic E-state index is 12.5. The number of carbonyl (C=O) groups is 1. The highest BCUT2D eigenvalue weighted by atomic mass is 16.6. The van der Waals surface area contributed by atoms with E-state index in [1.165, 1.54) is 0 Å². The fraction of sp³-hybridized carbons (Fsp3) is 0.500. The number of rotatable bonds is 1. The molecule has 1 fully saturated rings. The summed E-state index contributed by atoms with van der Waals surface area (Å²) in [7, 11) is 0. The van der Waals surface area contributed by atoms with E-state index in [2.05, 4.69) is 17.1 Å². The fourth-order valence-electron chi connectivity index (χ4n) is 4.16. The van der Waals surface area contributed by atoms with Crippen molar-refractivity contribution in [3.63, 3.8) is 0 Å². The van der Waals surface area contributed by atoms with Gasteiger partial charge in [0.05, 0.1) is 30.8 Å². The van der Waals surface area contributed by atoms with Gasteiger partial charge in [-0.25, -0.2) is 9.78 Å². The molecule has 0 saturated carbocycles. The van der Waals surface area contributed by atoms with Gasteiger partial charge in [0, 0.05) is 12.1 Å². The number of fused-ring (bicyclic) bond motifs is 3. The monoisotopic (exact) mass is 355 g/mol. The van der Waals surface area contributed by atoms with Crippen molar-refractivity contribution in [2.45, 2.75) is 50.9 Å². The van der Waals surface area contributed by atoms with Crippen molar-refractivity contribution in [2.75, 3.05) is 13.1 Å². The van der Waals surface area contributed by atoms with Crippen LogP contribution in [0.25, 0.3) is 11.3 Å². The van der Waals surface area contributed by atoms with Crippen LogP contribution in [0.1, 0.15) is 45.2 Å². The van der Waals surface area contributed by atoms with E-state index in [-0.39, 0.29) is 18.7 Å². The quantitative estimate of drug-likeness (QED) is 0.853. The highest BCUT2D eigenvalue weighted by Crippen LogP contribution is 2.47. The zero-order valence-electron chi connectivity index (χ0n) is 15.5. The molecule has 1 amide bonds. The van der Waals surface area contributed by atoms with E-state index >= 15 is 0 Å². The predicted molar refractivity (Wildman–Crippen MR) is 97.8 cm³/mol. The molecule has 4 rings (SSSR count). The van der Waals surface area contributed by atoms with E-state index in [0.29, 0.717) is 13.0 Å². The lowest BCUT2D eigenvalue weighted by molar-refractivity contribution is -0.0626. The number of nitrogens with zero attached hydrogens (tertiary/aromatic N) is 3. The van der Waals surface area contributed by atoms with Crippen molar-refractivity contribution in [1.82, 2.24) is 14.5 Å². The van der Waals surface area contributed by atoms with Crippen LogP contribution in [0.15, 0.2) is 36.8 Å². The molecule has 2 aromatic rings. The highest BCUT2D eigenvalue weighted by molar-refractivity contribution is 5.70. The number of ether oxygens (including phenoxy) is 1. The molecular formula is C20H25N3O3. The number of imidazole rings is 1. The van der Waals surface area contributed by atoms with Crippen LogP contribution in [0.4, 0.5) is 4.79 Å². The number of hydrogen-bond acceptors (Lipinski definition) is 4. The van der Waals surface area contributed by atoms with Crippen molar-refractivity contribution in [3.05, 3.63) is 42.4 Å². The van der Waals surface area contributed by atoms with Crippen LogP contribution in [-0.4, -0.2) is 49.9 Å². The van der Waals surface area contributed by atoms with E-state index < -0.39 is 11.2 Å². The number of carbonyl (C=O) groups excluding carboxylic acids is 1.